The molecule has 0 amide bonds. The van der Waals surface area contributed by atoms with Crippen molar-refractivity contribution in [2.45, 2.75) is 124 Å². The summed E-state index contributed by atoms with van der Waals surface area (Å²) in [6.45, 7) is 23.7. The van der Waals surface area contributed by atoms with Gasteiger partial charge < -0.3 is 9.05 Å². The fourth-order valence-electron chi connectivity index (χ4n) is 11.3. The largest absolute Gasteiger partial charge is 0.375 e. The number of nitrogens with zero attached hydrogens (tertiary/aromatic N) is 2. The molecule has 0 unspecified atom stereocenters. The Morgan fingerprint density at radius 2 is 1.22 bits per heavy atom. The average Bonchev–Trinajstić information content (AvgIpc) is 3.74. The molecule has 0 atom stereocenters. The second-order valence-corrected chi connectivity index (χ2v) is 21.7. The first-order valence-electron chi connectivity index (χ1n) is 22.7. The molecule has 6 aromatic carbocycles. The van der Waals surface area contributed by atoms with Gasteiger partial charge in [-0.1, -0.05) is 154 Å². The third-order valence-corrected chi connectivity index (χ3v) is 14.7. The smallest absolute Gasteiger partial charge is 0.333 e. The van der Waals surface area contributed by atoms with Gasteiger partial charge in [-0.15, -0.1) is 0 Å². The Balaban J connectivity index is 1.39. The number of benzene rings is 6. The zero-order valence-corrected chi connectivity index (χ0v) is 37.5. The zero-order chi connectivity index (χ0) is 41.6. The van der Waals surface area contributed by atoms with Gasteiger partial charge in [-0.2, -0.15) is 0 Å². The highest BCUT2D eigenvalue weighted by Crippen LogP contribution is 2.51. The first-order chi connectivity index (χ1) is 28.6. The van der Waals surface area contributed by atoms with Crippen LogP contribution < -0.4 is 10.9 Å². The lowest BCUT2D eigenvalue weighted by Gasteiger charge is -2.37. The maximum absolute atomic E-state index is 2.83. The maximum atomic E-state index is 2.83. The number of rotatable bonds is 3. The van der Waals surface area contributed by atoms with E-state index in [4.69, 9.17) is 0 Å². The van der Waals surface area contributed by atoms with Crippen LogP contribution in [0.25, 0.3) is 71.9 Å². The Hall–Kier alpha value is -5.28. The third-order valence-electron chi connectivity index (χ3n) is 14.7. The predicted molar refractivity (Wildman–Crippen MR) is 260 cm³/mol. The van der Waals surface area contributed by atoms with Gasteiger partial charge in [-0.3, -0.25) is 0 Å². The van der Waals surface area contributed by atoms with Crippen molar-refractivity contribution in [2.24, 2.45) is 0 Å². The molecule has 8 aromatic rings. The standard InChI is InChI=1S/C57H59BN2/c1-34-19-17-18-24-41(34)50-46-28-37(35-20-13-11-14-21-35)27-44-43-30-40(57(8,9)10)33-49-51(43)58(60(53(44)46)52(50)36-22-15-12-16-23-36)47-32-39(56(5,6)7)31-45-42-29-38(55(2,3)4)25-26-48(42)59(49)54(45)47/h12,15-19,22-33,35H,11,13-14,20-21H2,1-10H3. The summed E-state index contributed by atoms with van der Waals surface area (Å²) >= 11 is 0. The van der Waals surface area contributed by atoms with E-state index < -0.39 is 0 Å². The summed E-state index contributed by atoms with van der Waals surface area (Å²) in [7, 11) is 0. The van der Waals surface area contributed by atoms with Crippen LogP contribution in [0.2, 0.25) is 0 Å². The molecule has 3 heteroatoms. The molecule has 300 valence electrons. The van der Waals surface area contributed by atoms with Crippen molar-refractivity contribution in [3.8, 4) is 39.2 Å². The highest BCUT2D eigenvalue weighted by molar-refractivity contribution is 6.90. The molecular formula is C57H59BN2. The number of fused-ring (bicyclic) bond motifs is 7. The van der Waals surface area contributed by atoms with Crippen molar-refractivity contribution in [2.75, 3.05) is 0 Å². The molecule has 1 saturated carbocycles. The van der Waals surface area contributed by atoms with E-state index >= 15 is 0 Å². The average molecular weight is 783 g/mol. The Bertz CT molecular complexity index is 3070. The normalized spacial score (nSPS) is 15.4. The second-order valence-electron chi connectivity index (χ2n) is 21.7. The predicted octanol–water partition coefficient (Wildman–Crippen LogP) is 14.3. The van der Waals surface area contributed by atoms with Gasteiger partial charge in [0, 0.05) is 44.2 Å². The molecule has 1 fully saturated rings. The summed E-state index contributed by atoms with van der Waals surface area (Å²) in [6, 6.07) is 43.5. The molecule has 1 aliphatic carbocycles. The molecule has 2 nitrogen and oxygen atoms in total. The molecule has 0 bridgehead atoms. The molecular weight excluding hydrogens is 723 g/mol. The lowest BCUT2D eigenvalue weighted by Crippen LogP contribution is -2.56. The molecule has 2 aliphatic heterocycles. The maximum Gasteiger partial charge on any atom is 0.333 e. The van der Waals surface area contributed by atoms with Crippen LogP contribution in [0.4, 0.5) is 0 Å². The molecule has 0 saturated heterocycles. The molecule has 0 spiro atoms. The minimum absolute atomic E-state index is 0.0174. The van der Waals surface area contributed by atoms with Crippen molar-refractivity contribution >= 4 is 50.5 Å². The molecule has 2 aromatic heterocycles. The quantitative estimate of drug-likeness (QED) is 0.158. The van der Waals surface area contributed by atoms with E-state index in [0.717, 1.165) is 0 Å². The van der Waals surface area contributed by atoms with Crippen molar-refractivity contribution in [3.63, 3.8) is 0 Å². The molecule has 4 heterocycles. The summed E-state index contributed by atoms with van der Waals surface area (Å²) in [5.41, 5.74) is 23.3. The van der Waals surface area contributed by atoms with Gasteiger partial charge in [0.2, 0.25) is 0 Å². The van der Waals surface area contributed by atoms with Gasteiger partial charge in [0.15, 0.2) is 0 Å². The van der Waals surface area contributed by atoms with Crippen LogP contribution in [-0.4, -0.2) is 15.9 Å². The van der Waals surface area contributed by atoms with Crippen molar-refractivity contribution < 1.29 is 0 Å². The Morgan fingerprint density at radius 3 is 1.92 bits per heavy atom. The number of hydrogen-bond acceptors (Lipinski definition) is 0. The number of hydrogen-bond donors (Lipinski definition) is 0. The highest BCUT2D eigenvalue weighted by Gasteiger charge is 2.44. The third kappa shape index (κ3) is 5.46. The Labute approximate surface area is 357 Å². The van der Waals surface area contributed by atoms with Gasteiger partial charge >= 0.3 is 6.85 Å². The van der Waals surface area contributed by atoms with E-state index in [1.807, 2.05) is 0 Å². The first-order valence-corrected chi connectivity index (χ1v) is 22.7. The van der Waals surface area contributed by atoms with Crippen molar-refractivity contribution in [3.05, 3.63) is 137 Å². The second kappa shape index (κ2) is 12.9. The van der Waals surface area contributed by atoms with Crippen LogP contribution in [0, 0.1) is 6.92 Å². The zero-order valence-electron chi connectivity index (χ0n) is 37.5. The number of aromatic nitrogens is 2. The minimum Gasteiger partial charge on any atom is -0.375 e. The molecule has 60 heavy (non-hydrogen) atoms. The molecule has 11 rings (SSSR count). The van der Waals surface area contributed by atoms with Crippen LogP contribution in [0.3, 0.4) is 0 Å². The SMILES string of the molecule is Cc1ccccc1-c1c(-c2ccccc2)n2c3c(cc(C4CCCCC4)cc13)-c1cc(C(C)(C)C)cc3c1B2c1cc(C(C)(C)C)cc2c4cc(C(C)(C)C)ccc4n-3c12. The van der Waals surface area contributed by atoms with Crippen LogP contribution >= 0.6 is 0 Å². The summed E-state index contributed by atoms with van der Waals surface area (Å²) in [6.07, 6.45) is 6.52. The Kier molecular flexibility index (Phi) is 8.09. The molecule has 0 radical (unpaired) electrons. The summed E-state index contributed by atoms with van der Waals surface area (Å²) < 4.78 is 5.52. The van der Waals surface area contributed by atoms with E-state index in [1.165, 1.54) is 143 Å². The van der Waals surface area contributed by atoms with Gasteiger partial charge in [0.1, 0.15) is 0 Å². The summed E-state index contributed by atoms with van der Waals surface area (Å²) in [4.78, 5) is 0. The van der Waals surface area contributed by atoms with Crippen LogP contribution in [0.1, 0.15) is 128 Å². The first kappa shape index (κ1) is 37.7. The van der Waals surface area contributed by atoms with Crippen LogP contribution in [0.15, 0.2) is 109 Å². The highest BCUT2D eigenvalue weighted by atomic mass is 15.0. The fraction of sp³-hybridized carbons (Fsp3) is 0.333. The van der Waals surface area contributed by atoms with Gasteiger partial charge in [-0.25, -0.2) is 0 Å². The van der Waals surface area contributed by atoms with Gasteiger partial charge in [0.25, 0.3) is 0 Å². The van der Waals surface area contributed by atoms with E-state index in [9.17, 15) is 0 Å². The van der Waals surface area contributed by atoms with Gasteiger partial charge in [0.05, 0.1) is 11.0 Å². The molecule has 3 aliphatic rings. The van der Waals surface area contributed by atoms with E-state index in [1.54, 1.807) is 0 Å². The lowest BCUT2D eigenvalue weighted by molar-refractivity contribution is 0.444. The van der Waals surface area contributed by atoms with E-state index in [0.29, 0.717) is 5.92 Å². The van der Waals surface area contributed by atoms with Crippen molar-refractivity contribution in [1.82, 2.24) is 9.05 Å². The van der Waals surface area contributed by atoms with Crippen LogP contribution in [0.5, 0.6) is 0 Å². The summed E-state index contributed by atoms with van der Waals surface area (Å²) in [5.74, 6) is 0.576. The van der Waals surface area contributed by atoms with E-state index in [-0.39, 0.29) is 23.1 Å². The summed E-state index contributed by atoms with van der Waals surface area (Å²) in [5, 5.41) is 4.13. The Morgan fingerprint density at radius 1 is 0.550 bits per heavy atom. The lowest BCUT2D eigenvalue weighted by atomic mass is 9.45. The number of aryl methyl sites for hydroxylation is 1. The van der Waals surface area contributed by atoms with E-state index in [2.05, 4.69) is 187 Å². The topological polar surface area (TPSA) is 9.86 Å². The fourth-order valence-corrected chi connectivity index (χ4v) is 11.3. The molecule has 0 N–H and O–H groups in total. The van der Waals surface area contributed by atoms with Crippen molar-refractivity contribution in [1.29, 1.82) is 0 Å². The monoisotopic (exact) mass is 782 g/mol. The minimum atomic E-state index is -0.0417. The van der Waals surface area contributed by atoms with Gasteiger partial charge in [-0.05, 0) is 134 Å². The van der Waals surface area contributed by atoms with Crippen LogP contribution in [-0.2, 0) is 16.2 Å².